The van der Waals surface area contributed by atoms with Crippen LogP contribution < -0.4 is 0 Å². The van der Waals surface area contributed by atoms with Crippen LogP contribution in [0.15, 0.2) is 84.7 Å². The SMILES string of the molecule is COC(=O)/C(=C/c1nn(-c2ccccc2)c(-c2ccc(C)cc2)c1I)Cn1cccc1. The number of hydrogen-bond acceptors (Lipinski definition) is 3. The van der Waals surface area contributed by atoms with Gasteiger partial charge in [0.1, 0.15) is 5.69 Å². The van der Waals surface area contributed by atoms with Crippen molar-refractivity contribution in [2.75, 3.05) is 7.11 Å². The molecule has 0 N–H and O–H groups in total. The first-order valence-electron chi connectivity index (χ1n) is 9.87. The topological polar surface area (TPSA) is 49.0 Å². The summed E-state index contributed by atoms with van der Waals surface area (Å²) in [4.78, 5) is 12.5. The molecule has 0 aliphatic heterocycles. The summed E-state index contributed by atoms with van der Waals surface area (Å²) >= 11 is 2.31. The van der Waals surface area contributed by atoms with Crippen LogP contribution in [0.2, 0.25) is 0 Å². The fraction of sp³-hybridized carbons (Fsp3) is 0.120. The van der Waals surface area contributed by atoms with Gasteiger partial charge in [-0.15, -0.1) is 0 Å². The fourth-order valence-corrected chi connectivity index (χ4v) is 4.17. The number of benzene rings is 2. The zero-order chi connectivity index (χ0) is 21.8. The number of aromatic nitrogens is 3. The summed E-state index contributed by atoms with van der Waals surface area (Å²) in [6, 6.07) is 22.3. The molecule has 0 aliphatic carbocycles. The monoisotopic (exact) mass is 523 g/mol. The first-order chi connectivity index (χ1) is 15.1. The molecule has 4 rings (SSSR count). The van der Waals surface area contributed by atoms with Gasteiger partial charge in [0, 0.05) is 18.0 Å². The number of halogens is 1. The van der Waals surface area contributed by atoms with Gasteiger partial charge in [-0.2, -0.15) is 5.10 Å². The Labute approximate surface area is 195 Å². The van der Waals surface area contributed by atoms with Crippen molar-refractivity contribution in [3.05, 3.63) is 99.5 Å². The first-order valence-corrected chi connectivity index (χ1v) is 11.0. The van der Waals surface area contributed by atoms with Gasteiger partial charge in [0.05, 0.1) is 34.2 Å². The standard InChI is InChI=1S/C25H22IN3O2/c1-18-10-12-19(13-11-18)24-23(26)22(27-29(24)21-8-4-3-5-9-21)16-20(25(30)31-2)17-28-14-6-7-15-28/h3-16H,17H2,1-2H3/b20-16+. The zero-order valence-electron chi connectivity index (χ0n) is 17.3. The van der Waals surface area contributed by atoms with E-state index in [1.54, 1.807) is 0 Å². The van der Waals surface area contributed by atoms with E-state index in [1.165, 1.54) is 12.7 Å². The van der Waals surface area contributed by atoms with Crippen LogP contribution in [0.5, 0.6) is 0 Å². The van der Waals surface area contributed by atoms with Crippen molar-refractivity contribution in [3.63, 3.8) is 0 Å². The largest absolute Gasteiger partial charge is 0.466 e. The van der Waals surface area contributed by atoms with E-state index in [9.17, 15) is 4.79 Å². The van der Waals surface area contributed by atoms with Gasteiger partial charge in [-0.3, -0.25) is 0 Å². The van der Waals surface area contributed by atoms with Crippen LogP contribution >= 0.6 is 22.6 Å². The second-order valence-electron chi connectivity index (χ2n) is 7.18. The molecule has 4 aromatic rings. The quantitative estimate of drug-likeness (QED) is 0.190. The van der Waals surface area contributed by atoms with Gasteiger partial charge in [-0.25, -0.2) is 9.48 Å². The smallest absolute Gasteiger partial charge is 0.335 e. The van der Waals surface area contributed by atoms with Crippen molar-refractivity contribution in [1.82, 2.24) is 14.3 Å². The number of carbonyl (C=O) groups is 1. The van der Waals surface area contributed by atoms with E-state index in [4.69, 9.17) is 9.84 Å². The summed E-state index contributed by atoms with van der Waals surface area (Å²) in [5.74, 6) is -0.365. The third-order valence-electron chi connectivity index (χ3n) is 4.96. The van der Waals surface area contributed by atoms with Crippen LogP contribution in [-0.4, -0.2) is 27.4 Å². The summed E-state index contributed by atoms with van der Waals surface area (Å²) in [5, 5.41) is 4.88. The van der Waals surface area contributed by atoms with Crippen LogP contribution in [0.25, 0.3) is 23.0 Å². The number of methoxy groups -OCH3 is 1. The molecule has 0 atom stereocenters. The van der Waals surface area contributed by atoms with Crippen molar-refractivity contribution in [2.24, 2.45) is 0 Å². The molecule has 0 saturated carbocycles. The molecule has 0 aliphatic rings. The van der Waals surface area contributed by atoms with Gasteiger partial charge < -0.3 is 9.30 Å². The van der Waals surface area contributed by atoms with E-state index >= 15 is 0 Å². The summed E-state index contributed by atoms with van der Waals surface area (Å²) in [6.07, 6.45) is 5.66. The van der Waals surface area contributed by atoms with Crippen LogP contribution in [0, 0.1) is 10.5 Å². The van der Waals surface area contributed by atoms with Crippen molar-refractivity contribution in [2.45, 2.75) is 13.5 Å². The molecule has 31 heavy (non-hydrogen) atoms. The van der Waals surface area contributed by atoms with E-state index in [0.717, 1.165) is 26.2 Å². The van der Waals surface area contributed by atoms with Crippen molar-refractivity contribution in [3.8, 4) is 16.9 Å². The van der Waals surface area contributed by atoms with E-state index in [2.05, 4.69) is 53.8 Å². The summed E-state index contributed by atoms with van der Waals surface area (Å²) in [6.45, 7) is 2.48. The first kappa shape index (κ1) is 21.1. The second kappa shape index (κ2) is 9.34. The minimum absolute atomic E-state index is 0.365. The van der Waals surface area contributed by atoms with E-state index in [0.29, 0.717) is 12.1 Å². The molecule has 0 spiro atoms. The minimum Gasteiger partial charge on any atom is -0.466 e. The number of esters is 1. The number of carbonyl (C=O) groups excluding carboxylic acids is 1. The third kappa shape index (κ3) is 4.64. The molecule has 0 fully saturated rings. The highest BCUT2D eigenvalue weighted by atomic mass is 127. The maximum atomic E-state index is 12.5. The van der Waals surface area contributed by atoms with Crippen LogP contribution in [-0.2, 0) is 16.1 Å². The number of aryl methyl sites for hydroxylation is 1. The maximum Gasteiger partial charge on any atom is 0.335 e. The van der Waals surface area contributed by atoms with E-state index in [1.807, 2.05) is 70.2 Å². The van der Waals surface area contributed by atoms with Gasteiger partial charge in [-0.05, 0) is 59.9 Å². The lowest BCUT2D eigenvalue weighted by Crippen LogP contribution is -2.11. The normalized spacial score (nSPS) is 11.5. The molecule has 0 bridgehead atoms. The fourth-order valence-electron chi connectivity index (χ4n) is 3.36. The Morgan fingerprint density at radius 3 is 2.35 bits per heavy atom. The Morgan fingerprint density at radius 2 is 1.71 bits per heavy atom. The Kier molecular flexibility index (Phi) is 6.36. The van der Waals surface area contributed by atoms with Crippen molar-refractivity contribution < 1.29 is 9.53 Å². The zero-order valence-corrected chi connectivity index (χ0v) is 19.5. The molecular weight excluding hydrogens is 501 g/mol. The van der Waals surface area contributed by atoms with Crippen molar-refractivity contribution in [1.29, 1.82) is 0 Å². The number of para-hydroxylation sites is 1. The van der Waals surface area contributed by atoms with Gasteiger partial charge >= 0.3 is 5.97 Å². The van der Waals surface area contributed by atoms with Crippen molar-refractivity contribution >= 4 is 34.6 Å². The summed E-state index contributed by atoms with van der Waals surface area (Å²) in [5.41, 5.74) is 5.47. The van der Waals surface area contributed by atoms with E-state index in [-0.39, 0.29) is 5.97 Å². The van der Waals surface area contributed by atoms with Gasteiger partial charge in [-0.1, -0.05) is 48.0 Å². The van der Waals surface area contributed by atoms with Crippen LogP contribution in [0.3, 0.4) is 0 Å². The molecule has 0 amide bonds. The average Bonchev–Trinajstić information content (AvgIpc) is 3.42. The van der Waals surface area contributed by atoms with Gasteiger partial charge in [0.2, 0.25) is 0 Å². The Morgan fingerprint density at radius 1 is 1.03 bits per heavy atom. The molecule has 0 radical (unpaired) electrons. The van der Waals surface area contributed by atoms with Crippen LogP contribution in [0.4, 0.5) is 0 Å². The number of hydrogen-bond donors (Lipinski definition) is 0. The van der Waals surface area contributed by atoms with Crippen LogP contribution in [0.1, 0.15) is 11.3 Å². The highest BCUT2D eigenvalue weighted by Crippen LogP contribution is 2.32. The second-order valence-corrected chi connectivity index (χ2v) is 8.26. The summed E-state index contributed by atoms with van der Waals surface area (Å²) in [7, 11) is 1.40. The lowest BCUT2D eigenvalue weighted by Gasteiger charge is -2.08. The lowest BCUT2D eigenvalue weighted by molar-refractivity contribution is -0.136. The molecule has 2 aromatic carbocycles. The number of ether oxygens (including phenoxy) is 1. The highest BCUT2D eigenvalue weighted by Gasteiger charge is 2.20. The third-order valence-corrected chi connectivity index (χ3v) is 6.02. The Hall–Kier alpha value is -3.13. The van der Waals surface area contributed by atoms with Gasteiger partial charge in [0.25, 0.3) is 0 Å². The molecule has 0 unspecified atom stereocenters. The molecule has 5 nitrogen and oxygen atoms in total. The molecule has 0 saturated heterocycles. The Bertz CT molecular complexity index is 1210. The average molecular weight is 523 g/mol. The maximum absolute atomic E-state index is 12.5. The molecule has 156 valence electrons. The highest BCUT2D eigenvalue weighted by molar-refractivity contribution is 14.1. The predicted molar refractivity (Wildman–Crippen MR) is 131 cm³/mol. The Balaban J connectivity index is 1.87. The summed E-state index contributed by atoms with van der Waals surface area (Å²) < 4.78 is 9.88. The molecule has 6 heteroatoms. The minimum atomic E-state index is -0.365. The van der Waals surface area contributed by atoms with Gasteiger partial charge in [0.15, 0.2) is 0 Å². The molecular formula is C25H22IN3O2. The van der Waals surface area contributed by atoms with E-state index < -0.39 is 0 Å². The predicted octanol–water partition coefficient (Wildman–Crippen LogP) is 5.51. The number of rotatable bonds is 6. The lowest BCUT2D eigenvalue weighted by atomic mass is 10.1. The molecule has 2 heterocycles. The molecule has 2 aromatic heterocycles. The number of nitrogens with zero attached hydrogens (tertiary/aromatic N) is 3.